The Morgan fingerprint density at radius 2 is 2.33 bits per heavy atom. The second-order valence-electron chi connectivity index (χ2n) is 4.43. The van der Waals surface area contributed by atoms with Crippen LogP contribution in [0.5, 0.6) is 0 Å². The first kappa shape index (κ1) is 9.91. The molecule has 0 saturated heterocycles. The summed E-state index contributed by atoms with van der Waals surface area (Å²) in [7, 11) is 0. The lowest BCUT2D eigenvalue weighted by atomic mass is 10.1. The van der Waals surface area contributed by atoms with Crippen LogP contribution in [0, 0.1) is 5.92 Å². The van der Waals surface area contributed by atoms with Crippen LogP contribution in [0.15, 0.2) is 6.07 Å². The first-order chi connectivity index (χ1) is 7.33. The van der Waals surface area contributed by atoms with E-state index in [0.717, 1.165) is 17.1 Å². The van der Waals surface area contributed by atoms with E-state index < -0.39 is 0 Å². The van der Waals surface area contributed by atoms with Gasteiger partial charge in [-0.1, -0.05) is 0 Å². The molecule has 1 aromatic rings. The Bertz CT molecular complexity index is 367. The van der Waals surface area contributed by atoms with Crippen molar-refractivity contribution in [2.24, 2.45) is 5.92 Å². The minimum Gasteiger partial charge on any atom is -0.293 e. The lowest BCUT2D eigenvalue weighted by Gasteiger charge is -2.08. The van der Waals surface area contributed by atoms with Gasteiger partial charge in [-0.15, -0.1) is 11.3 Å². The van der Waals surface area contributed by atoms with Crippen LogP contribution in [0.25, 0.3) is 0 Å². The molecule has 1 aliphatic carbocycles. The second kappa shape index (κ2) is 3.95. The molecule has 0 spiro atoms. The molecule has 1 nitrogen and oxygen atoms in total. The molecule has 1 aliphatic heterocycles. The predicted octanol–water partition coefficient (Wildman–Crippen LogP) is 3.52. The molecule has 3 heteroatoms. The summed E-state index contributed by atoms with van der Waals surface area (Å²) in [6.45, 7) is 0. The van der Waals surface area contributed by atoms with Crippen molar-refractivity contribution in [1.29, 1.82) is 0 Å². The fourth-order valence-corrected chi connectivity index (χ4v) is 4.29. The molecule has 0 aromatic carbocycles. The number of Topliss-reactive ketones (excluding diaryl/α,β-unsaturated/α-hetero) is 1. The third-order valence-corrected chi connectivity index (χ3v) is 5.36. The van der Waals surface area contributed by atoms with E-state index >= 15 is 0 Å². The van der Waals surface area contributed by atoms with Crippen LogP contribution in [0.3, 0.4) is 0 Å². The molecule has 2 aliphatic rings. The summed E-state index contributed by atoms with van der Waals surface area (Å²) in [6.07, 6.45) is 4.51. The van der Waals surface area contributed by atoms with Crippen LogP contribution in [0.2, 0.25) is 0 Å². The van der Waals surface area contributed by atoms with Crippen molar-refractivity contribution in [3.05, 3.63) is 21.4 Å². The first-order valence-electron chi connectivity index (χ1n) is 5.55. The molecule has 1 saturated carbocycles. The summed E-state index contributed by atoms with van der Waals surface area (Å²) in [5.41, 5.74) is 1.43. The largest absolute Gasteiger partial charge is 0.293 e. The van der Waals surface area contributed by atoms with Gasteiger partial charge in [0.05, 0.1) is 4.88 Å². The molecule has 0 amide bonds. The number of thioether (sulfide) groups is 1. The van der Waals surface area contributed by atoms with E-state index in [4.69, 9.17) is 0 Å². The molecule has 0 bridgehead atoms. The van der Waals surface area contributed by atoms with Crippen molar-refractivity contribution >= 4 is 28.9 Å². The maximum Gasteiger partial charge on any atom is 0.173 e. The summed E-state index contributed by atoms with van der Waals surface area (Å²) in [6, 6.07) is 2.15. The first-order valence-corrected chi connectivity index (χ1v) is 7.52. The van der Waals surface area contributed by atoms with Gasteiger partial charge in [-0.25, -0.2) is 0 Å². The Hall–Kier alpha value is -0.280. The number of aryl methyl sites for hydroxylation is 1. The molecular weight excluding hydrogens is 224 g/mol. The highest BCUT2D eigenvalue weighted by atomic mass is 32.2. The highest BCUT2D eigenvalue weighted by Gasteiger charge is 2.26. The van der Waals surface area contributed by atoms with E-state index in [9.17, 15) is 4.79 Å². The zero-order chi connectivity index (χ0) is 10.3. The van der Waals surface area contributed by atoms with Crippen molar-refractivity contribution in [1.82, 2.24) is 0 Å². The summed E-state index contributed by atoms with van der Waals surface area (Å²) in [5, 5.41) is 0. The molecule has 0 N–H and O–H groups in total. The standard InChI is InChI=1S/C12H14OS2/c13-10(5-8-1-2-8)12-6-9-7-14-4-3-11(9)15-12/h6,8H,1-5,7H2. The fourth-order valence-electron chi connectivity index (χ4n) is 1.97. The average Bonchev–Trinajstić information content (AvgIpc) is 2.95. The second-order valence-corrected chi connectivity index (χ2v) is 6.67. The lowest BCUT2D eigenvalue weighted by molar-refractivity contribution is 0.0980. The van der Waals surface area contributed by atoms with Crippen LogP contribution < -0.4 is 0 Å². The van der Waals surface area contributed by atoms with Crippen molar-refractivity contribution < 1.29 is 4.79 Å². The summed E-state index contributed by atoms with van der Waals surface area (Å²) < 4.78 is 0. The van der Waals surface area contributed by atoms with E-state index in [1.807, 2.05) is 11.8 Å². The van der Waals surface area contributed by atoms with E-state index in [1.54, 1.807) is 11.3 Å². The van der Waals surface area contributed by atoms with Gasteiger partial charge in [0.2, 0.25) is 0 Å². The predicted molar refractivity (Wildman–Crippen MR) is 65.9 cm³/mol. The van der Waals surface area contributed by atoms with Crippen molar-refractivity contribution in [3.8, 4) is 0 Å². The van der Waals surface area contributed by atoms with Crippen LogP contribution in [-0.4, -0.2) is 11.5 Å². The molecule has 0 radical (unpaired) electrons. The Kier molecular flexibility index (Phi) is 2.61. The van der Waals surface area contributed by atoms with Gasteiger partial charge in [-0.05, 0) is 42.6 Å². The van der Waals surface area contributed by atoms with Gasteiger partial charge in [0.25, 0.3) is 0 Å². The maximum atomic E-state index is 11.9. The van der Waals surface area contributed by atoms with Gasteiger partial charge in [0, 0.05) is 17.1 Å². The minimum atomic E-state index is 0.391. The summed E-state index contributed by atoms with van der Waals surface area (Å²) in [5.74, 6) is 3.44. The maximum absolute atomic E-state index is 11.9. The van der Waals surface area contributed by atoms with E-state index in [-0.39, 0.29) is 0 Å². The normalized spacial score (nSPS) is 20.0. The minimum absolute atomic E-state index is 0.391. The highest BCUT2D eigenvalue weighted by molar-refractivity contribution is 7.98. The van der Waals surface area contributed by atoms with E-state index in [1.165, 1.54) is 35.5 Å². The fraction of sp³-hybridized carbons (Fsp3) is 0.583. The molecular formula is C12H14OS2. The topological polar surface area (TPSA) is 17.1 Å². The molecule has 15 heavy (non-hydrogen) atoms. The lowest BCUT2D eigenvalue weighted by Crippen LogP contribution is -1.97. The quantitative estimate of drug-likeness (QED) is 0.749. The van der Waals surface area contributed by atoms with Crippen LogP contribution in [0.1, 0.15) is 39.4 Å². The average molecular weight is 238 g/mol. The van der Waals surface area contributed by atoms with Gasteiger partial charge in [0.1, 0.15) is 0 Å². The monoisotopic (exact) mass is 238 g/mol. The summed E-state index contributed by atoms with van der Waals surface area (Å²) >= 11 is 3.73. The third-order valence-electron chi connectivity index (χ3n) is 3.07. The molecule has 1 fully saturated rings. The van der Waals surface area contributed by atoms with Gasteiger partial charge >= 0.3 is 0 Å². The third kappa shape index (κ3) is 2.13. The zero-order valence-electron chi connectivity index (χ0n) is 8.62. The number of rotatable bonds is 3. The smallest absolute Gasteiger partial charge is 0.173 e. The molecule has 0 atom stereocenters. The number of carbonyl (C=O) groups is 1. The molecule has 1 aromatic heterocycles. The van der Waals surface area contributed by atoms with Gasteiger partial charge < -0.3 is 0 Å². The number of hydrogen-bond donors (Lipinski definition) is 0. The van der Waals surface area contributed by atoms with Gasteiger partial charge in [0.15, 0.2) is 5.78 Å². The SMILES string of the molecule is O=C(CC1CC1)c1cc2c(s1)CCSC2. The molecule has 0 unspecified atom stereocenters. The van der Waals surface area contributed by atoms with Crippen molar-refractivity contribution in [2.45, 2.75) is 31.4 Å². The number of carbonyl (C=O) groups excluding carboxylic acids is 1. The van der Waals surface area contributed by atoms with E-state index in [0.29, 0.717) is 11.7 Å². The van der Waals surface area contributed by atoms with Crippen LogP contribution in [0.4, 0.5) is 0 Å². The molecule has 3 rings (SSSR count). The summed E-state index contributed by atoms with van der Waals surface area (Å²) in [4.78, 5) is 14.4. The van der Waals surface area contributed by atoms with E-state index in [2.05, 4.69) is 6.07 Å². The number of fused-ring (bicyclic) bond motifs is 1. The Balaban J connectivity index is 1.78. The Labute approximate surface area is 98.3 Å². The number of hydrogen-bond acceptors (Lipinski definition) is 3. The zero-order valence-corrected chi connectivity index (χ0v) is 10.3. The number of thiophene rings is 1. The van der Waals surface area contributed by atoms with Crippen LogP contribution >= 0.6 is 23.1 Å². The number of ketones is 1. The highest BCUT2D eigenvalue weighted by Crippen LogP contribution is 2.36. The molecule has 2 heterocycles. The van der Waals surface area contributed by atoms with Gasteiger partial charge in [-0.2, -0.15) is 11.8 Å². The Morgan fingerprint density at radius 3 is 3.07 bits per heavy atom. The van der Waals surface area contributed by atoms with Crippen molar-refractivity contribution in [2.75, 3.05) is 5.75 Å². The molecule has 80 valence electrons. The van der Waals surface area contributed by atoms with Crippen molar-refractivity contribution in [3.63, 3.8) is 0 Å². The Morgan fingerprint density at radius 1 is 1.47 bits per heavy atom. The van der Waals surface area contributed by atoms with Crippen LogP contribution in [-0.2, 0) is 12.2 Å². The van der Waals surface area contributed by atoms with Gasteiger partial charge in [-0.3, -0.25) is 4.79 Å².